The van der Waals surface area contributed by atoms with Crippen LogP contribution in [0.1, 0.15) is 42.1 Å². The number of hydrogen-bond donors (Lipinski definition) is 1. The van der Waals surface area contributed by atoms with Crippen LogP contribution in [0.2, 0.25) is 0 Å². The van der Waals surface area contributed by atoms with Crippen LogP contribution < -0.4 is 5.32 Å². The number of nitrogens with one attached hydrogen (secondary N) is 1. The number of thioether (sulfide) groups is 1. The van der Waals surface area contributed by atoms with Gasteiger partial charge in [0.2, 0.25) is 5.91 Å². The summed E-state index contributed by atoms with van der Waals surface area (Å²) in [6.45, 7) is 5.87. The number of furan rings is 1. The molecule has 1 aromatic carbocycles. The van der Waals surface area contributed by atoms with Crippen molar-refractivity contribution in [3.63, 3.8) is 0 Å². The minimum absolute atomic E-state index is 0.00861. The first kappa shape index (κ1) is 18.5. The molecule has 136 valence electrons. The zero-order valence-electron chi connectivity index (χ0n) is 15.5. The number of nitrogens with zero attached hydrogens (tertiary/aromatic N) is 2. The van der Waals surface area contributed by atoms with Crippen molar-refractivity contribution in [2.24, 2.45) is 0 Å². The van der Waals surface area contributed by atoms with E-state index in [0.717, 1.165) is 38.8 Å². The van der Waals surface area contributed by atoms with Gasteiger partial charge in [0.1, 0.15) is 11.3 Å². The lowest BCUT2D eigenvalue weighted by Crippen LogP contribution is -2.26. The van der Waals surface area contributed by atoms with Crippen molar-refractivity contribution in [2.45, 2.75) is 44.8 Å². The monoisotopic (exact) mass is 369 g/mol. The highest BCUT2D eigenvalue weighted by Crippen LogP contribution is 2.24. The van der Waals surface area contributed by atoms with E-state index in [2.05, 4.69) is 15.3 Å². The smallest absolute Gasteiger partial charge is 0.220 e. The lowest BCUT2D eigenvalue weighted by atomic mass is 10.1. The van der Waals surface area contributed by atoms with E-state index in [4.69, 9.17) is 4.42 Å². The Morgan fingerprint density at radius 1 is 1.23 bits per heavy atom. The zero-order valence-corrected chi connectivity index (χ0v) is 16.3. The van der Waals surface area contributed by atoms with Crippen molar-refractivity contribution in [2.75, 3.05) is 6.26 Å². The summed E-state index contributed by atoms with van der Waals surface area (Å²) in [5.41, 5.74) is 3.77. The fourth-order valence-electron chi connectivity index (χ4n) is 3.00. The number of aromatic nitrogens is 2. The molecule has 0 saturated heterocycles. The molecular formula is C20H23N3O2S. The molecule has 2 aromatic heterocycles. The molecule has 5 nitrogen and oxygen atoms in total. The third-order valence-electron chi connectivity index (χ3n) is 4.43. The molecule has 0 aliphatic heterocycles. The van der Waals surface area contributed by atoms with E-state index < -0.39 is 0 Å². The Bertz CT molecular complexity index is 880. The molecule has 0 fully saturated rings. The van der Waals surface area contributed by atoms with Gasteiger partial charge < -0.3 is 9.73 Å². The number of carbonyl (C=O) groups is 1. The molecule has 1 amide bonds. The van der Waals surface area contributed by atoms with Gasteiger partial charge in [-0.3, -0.25) is 4.79 Å². The van der Waals surface area contributed by atoms with E-state index >= 15 is 0 Å². The van der Waals surface area contributed by atoms with Crippen LogP contribution in [0, 0.1) is 13.8 Å². The Kier molecular flexibility index (Phi) is 5.61. The summed E-state index contributed by atoms with van der Waals surface area (Å²) in [7, 11) is 0. The first-order chi connectivity index (χ1) is 12.5. The topological polar surface area (TPSA) is 68.0 Å². The van der Waals surface area contributed by atoms with Gasteiger partial charge in [-0.05, 0) is 51.1 Å². The Labute approximate surface area is 157 Å². The SMILES string of the molecule is CSc1nc(C)c(CCC(=O)N[C@@H](C)c2cc3ccccc3o2)c(C)n1. The minimum Gasteiger partial charge on any atom is -0.459 e. The van der Waals surface area contributed by atoms with E-state index in [0.29, 0.717) is 12.8 Å². The van der Waals surface area contributed by atoms with Crippen LogP contribution in [0.25, 0.3) is 11.0 Å². The highest BCUT2D eigenvalue weighted by Gasteiger charge is 2.15. The van der Waals surface area contributed by atoms with Crippen molar-refractivity contribution in [1.82, 2.24) is 15.3 Å². The van der Waals surface area contributed by atoms with Gasteiger partial charge in [-0.2, -0.15) is 0 Å². The maximum absolute atomic E-state index is 12.4. The predicted octanol–water partition coefficient (Wildman–Crippen LogP) is 4.37. The van der Waals surface area contributed by atoms with Crippen molar-refractivity contribution < 1.29 is 9.21 Å². The number of benzene rings is 1. The second-order valence-corrected chi connectivity index (χ2v) is 7.11. The van der Waals surface area contributed by atoms with Crippen LogP contribution in [0.15, 0.2) is 39.9 Å². The van der Waals surface area contributed by atoms with E-state index in [1.54, 1.807) is 0 Å². The number of fused-ring (bicyclic) bond motifs is 1. The third kappa shape index (κ3) is 4.07. The number of carbonyl (C=O) groups excluding carboxylic acids is 1. The lowest BCUT2D eigenvalue weighted by Gasteiger charge is -2.13. The highest BCUT2D eigenvalue weighted by atomic mass is 32.2. The first-order valence-electron chi connectivity index (χ1n) is 8.64. The van der Waals surface area contributed by atoms with E-state index in [9.17, 15) is 4.79 Å². The van der Waals surface area contributed by atoms with Gasteiger partial charge in [0.15, 0.2) is 5.16 Å². The minimum atomic E-state index is -0.174. The number of rotatable bonds is 6. The Balaban J connectivity index is 1.62. The Morgan fingerprint density at radius 3 is 2.58 bits per heavy atom. The molecule has 26 heavy (non-hydrogen) atoms. The van der Waals surface area contributed by atoms with Gasteiger partial charge in [-0.15, -0.1) is 0 Å². The molecule has 1 atom stereocenters. The van der Waals surface area contributed by atoms with Crippen molar-refractivity contribution in [3.05, 3.63) is 53.0 Å². The van der Waals surface area contributed by atoms with Gasteiger partial charge in [-0.25, -0.2) is 9.97 Å². The molecule has 0 radical (unpaired) electrons. The largest absolute Gasteiger partial charge is 0.459 e. The fourth-order valence-corrected chi connectivity index (χ4v) is 3.46. The van der Waals surface area contributed by atoms with Crippen molar-refractivity contribution in [1.29, 1.82) is 0 Å². The summed E-state index contributed by atoms with van der Waals surface area (Å²) in [5, 5.41) is 4.82. The molecule has 0 aliphatic carbocycles. The van der Waals surface area contributed by atoms with Crippen LogP contribution in [0.4, 0.5) is 0 Å². The number of hydrogen-bond acceptors (Lipinski definition) is 5. The summed E-state index contributed by atoms with van der Waals surface area (Å²) in [6, 6.07) is 9.64. The molecule has 1 N–H and O–H groups in total. The molecule has 0 aliphatic rings. The second-order valence-electron chi connectivity index (χ2n) is 6.34. The number of amides is 1. The molecule has 6 heteroatoms. The molecular weight excluding hydrogens is 346 g/mol. The van der Waals surface area contributed by atoms with E-state index in [-0.39, 0.29) is 11.9 Å². The van der Waals surface area contributed by atoms with Gasteiger partial charge in [-0.1, -0.05) is 30.0 Å². The van der Waals surface area contributed by atoms with Crippen LogP contribution in [0.5, 0.6) is 0 Å². The van der Waals surface area contributed by atoms with Crippen LogP contribution >= 0.6 is 11.8 Å². The average Bonchev–Trinajstić information content (AvgIpc) is 3.05. The molecule has 3 aromatic rings. The summed E-state index contributed by atoms with van der Waals surface area (Å²) in [6.07, 6.45) is 2.99. The Morgan fingerprint density at radius 2 is 1.92 bits per heavy atom. The van der Waals surface area contributed by atoms with Gasteiger partial charge >= 0.3 is 0 Å². The summed E-state index contributed by atoms with van der Waals surface area (Å²) in [5.74, 6) is 0.755. The molecule has 2 heterocycles. The number of aryl methyl sites for hydroxylation is 2. The molecule has 0 unspecified atom stereocenters. The summed E-state index contributed by atoms with van der Waals surface area (Å²) in [4.78, 5) is 21.3. The molecule has 3 rings (SSSR count). The standard InChI is InChI=1S/C20H23N3O2S/c1-12-16(13(2)23-20(22-12)26-4)9-10-19(24)21-14(3)18-11-15-7-5-6-8-17(15)25-18/h5-8,11,14H,9-10H2,1-4H3,(H,21,24)/t14-/m0/s1. The maximum atomic E-state index is 12.4. The second kappa shape index (κ2) is 7.91. The predicted molar refractivity (Wildman–Crippen MR) is 104 cm³/mol. The van der Waals surface area contributed by atoms with Crippen molar-refractivity contribution in [3.8, 4) is 0 Å². The normalized spacial score (nSPS) is 12.3. The summed E-state index contributed by atoms with van der Waals surface area (Å²) >= 11 is 1.53. The fraction of sp³-hybridized carbons (Fsp3) is 0.350. The third-order valence-corrected chi connectivity index (χ3v) is 4.98. The number of para-hydroxylation sites is 1. The first-order valence-corrected chi connectivity index (χ1v) is 9.86. The molecule has 0 spiro atoms. The zero-order chi connectivity index (χ0) is 18.7. The van der Waals surface area contributed by atoms with E-state index in [1.165, 1.54) is 11.8 Å². The van der Waals surface area contributed by atoms with Gasteiger partial charge in [0, 0.05) is 23.2 Å². The Hall–Kier alpha value is -2.34. The highest BCUT2D eigenvalue weighted by molar-refractivity contribution is 7.98. The quantitative estimate of drug-likeness (QED) is 0.516. The summed E-state index contributed by atoms with van der Waals surface area (Å²) < 4.78 is 5.82. The lowest BCUT2D eigenvalue weighted by molar-refractivity contribution is -0.121. The average molecular weight is 369 g/mol. The van der Waals surface area contributed by atoms with Crippen LogP contribution in [-0.2, 0) is 11.2 Å². The van der Waals surface area contributed by atoms with E-state index in [1.807, 2.05) is 57.4 Å². The molecule has 0 bridgehead atoms. The van der Waals surface area contributed by atoms with Crippen molar-refractivity contribution >= 4 is 28.6 Å². The van der Waals surface area contributed by atoms with Gasteiger partial charge in [0.05, 0.1) is 6.04 Å². The van der Waals surface area contributed by atoms with Gasteiger partial charge in [0.25, 0.3) is 0 Å². The maximum Gasteiger partial charge on any atom is 0.220 e. The van der Waals surface area contributed by atoms with Crippen LogP contribution in [-0.4, -0.2) is 22.1 Å². The van der Waals surface area contributed by atoms with Crippen LogP contribution in [0.3, 0.4) is 0 Å². The molecule has 0 saturated carbocycles.